The predicted molar refractivity (Wildman–Crippen MR) is 89.8 cm³/mol. The summed E-state index contributed by atoms with van der Waals surface area (Å²) in [4.78, 5) is 7.14. The van der Waals surface area contributed by atoms with Crippen molar-refractivity contribution in [3.8, 4) is 0 Å². The smallest absolute Gasteiger partial charge is 0.193 e. The molecule has 0 aromatic heterocycles. The van der Waals surface area contributed by atoms with Gasteiger partial charge in [-0.05, 0) is 32.4 Å². The molecule has 20 heavy (non-hydrogen) atoms. The number of thioether (sulfide) groups is 1. The van der Waals surface area contributed by atoms with Gasteiger partial charge in [0.2, 0.25) is 0 Å². The van der Waals surface area contributed by atoms with E-state index in [4.69, 9.17) is 9.73 Å². The van der Waals surface area contributed by atoms with Crippen molar-refractivity contribution < 1.29 is 4.74 Å². The topological polar surface area (TPSA) is 36.9 Å². The first-order valence-corrected chi connectivity index (χ1v) is 9.02. The van der Waals surface area contributed by atoms with E-state index in [-0.39, 0.29) is 4.75 Å². The lowest BCUT2D eigenvalue weighted by molar-refractivity contribution is 0.0793. The van der Waals surface area contributed by atoms with Crippen molar-refractivity contribution >= 4 is 17.7 Å². The molecule has 1 fully saturated rings. The van der Waals surface area contributed by atoms with Crippen LogP contribution in [0.4, 0.5) is 0 Å². The first-order chi connectivity index (χ1) is 9.67. The van der Waals surface area contributed by atoms with Crippen LogP contribution in [0.25, 0.3) is 0 Å². The van der Waals surface area contributed by atoms with Gasteiger partial charge >= 0.3 is 0 Å². The summed E-state index contributed by atoms with van der Waals surface area (Å²) in [5.41, 5.74) is 0. The lowest BCUT2D eigenvalue weighted by atomic mass is 9.99. The minimum atomic E-state index is 0.268. The molecule has 0 radical (unpaired) electrons. The summed E-state index contributed by atoms with van der Waals surface area (Å²) in [6.07, 6.45) is 6.85. The fraction of sp³-hybridized carbons (Fsp3) is 0.933. The van der Waals surface area contributed by atoms with E-state index in [0.717, 1.165) is 51.6 Å². The zero-order valence-electron chi connectivity index (χ0n) is 13.6. The molecule has 4 nitrogen and oxygen atoms in total. The van der Waals surface area contributed by atoms with Crippen LogP contribution in [0.15, 0.2) is 4.99 Å². The highest BCUT2D eigenvalue weighted by atomic mass is 32.2. The fourth-order valence-electron chi connectivity index (χ4n) is 2.36. The van der Waals surface area contributed by atoms with E-state index in [9.17, 15) is 0 Å². The van der Waals surface area contributed by atoms with Gasteiger partial charge < -0.3 is 15.0 Å². The maximum Gasteiger partial charge on any atom is 0.193 e. The van der Waals surface area contributed by atoms with Gasteiger partial charge in [-0.25, -0.2) is 0 Å². The molecule has 0 unspecified atom stereocenters. The van der Waals surface area contributed by atoms with Crippen molar-refractivity contribution in [1.29, 1.82) is 0 Å². The van der Waals surface area contributed by atoms with Gasteiger partial charge in [-0.2, -0.15) is 11.8 Å². The summed E-state index contributed by atoms with van der Waals surface area (Å²) in [7, 11) is 2.13. The molecule has 0 aliphatic carbocycles. The third-order valence-electron chi connectivity index (χ3n) is 3.90. The zero-order valence-corrected chi connectivity index (χ0v) is 14.4. The predicted octanol–water partition coefficient (Wildman–Crippen LogP) is 2.60. The second-order valence-corrected chi connectivity index (χ2v) is 6.72. The fourth-order valence-corrected chi connectivity index (χ4v) is 3.13. The van der Waals surface area contributed by atoms with Gasteiger partial charge in [-0.15, -0.1) is 0 Å². The molecule has 1 rings (SSSR count). The third-order valence-corrected chi connectivity index (χ3v) is 5.30. The Morgan fingerprint density at radius 1 is 1.35 bits per heavy atom. The van der Waals surface area contributed by atoms with Crippen LogP contribution in [0.1, 0.15) is 39.5 Å². The van der Waals surface area contributed by atoms with Gasteiger partial charge in [0.15, 0.2) is 5.96 Å². The zero-order chi connectivity index (χ0) is 14.8. The lowest BCUT2D eigenvalue weighted by Crippen LogP contribution is -2.42. The van der Waals surface area contributed by atoms with Gasteiger partial charge in [-0.1, -0.05) is 13.3 Å². The summed E-state index contributed by atoms with van der Waals surface area (Å²) < 4.78 is 5.76. The van der Waals surface area contributed by atoms with Crippen molar-refractivity contribution in [2.24, 2.45) is 4.99 Å². The molecule has 1 aliphatic rings. The second-order valence-electron chi connectivity index (χ2n) is 5.44. The number of hydrogen-bond donors (Lipinski definition) is 1. The summed E-state index contributed by atoms with van der Waals surface area (Å²) in [6, 6.07) is 0. The van der Waals surface area contributed by atoms with Crippen molar-refractivity contribution in [2.75, 3.05) is 46.2 Å². The number of nitrogens with one attached hydrogen (secondary N) is 1. The maximum atomic E-state index is 5.49. The Kier molecular flexibility index (Phi) is 8.38. The Labute approximate surface area is 128 Å². The molecule has 1 aliphatic heterocycles. The number of aliphatic imine (C=N–C) groups is 1. The molecule has 0 atom stereocenters. The van der Waals surface area contributed by atoms with Crippen LogP contribution in [0, 0.1) is 0 Å². The average Bonchev–Trinajstić information content (AvgIpc) is 2.50. The van der Waals surface area contributed by atoms with Crippen molar-refractivity contribution in [1.82, 2.24) is 10.2 Å². The standard InChI is InChI=1S/C15H31N3OS/c1-5-7-10-18(3)14(16-6-2)17-13-15(20-4)8-11-19-12-9-15/h5-13H2,1-4H3,(H,16,17). The SMILES string of the molecule is CCCCN(C)C(=NCC1(SC)CCOCC1)NCC. The van der Waals surface area contributed by atoms with Crippen LogP contribution in [-0.2, 0) is 4.74 Å². The Bertz CT molecular complexity index is 291. The average molecular weight is 302 g/mol. The summed E-state index contributed by atoms with van der Waals surface area (Å²) in [5.74, 6) is 1.04. The Balaban J connectivity index is 2.64. The lowest BCUT2D eigenvalue weighted by Gasteiger charge is -2.34. The molecule has 118 valence electrons. The van der Waals surface area contributed by atoms with Gasteiger partial charge in [0, 0.05) is 38.1 Å². The molecule has 0 spiro atoms. The van der Waals surface area contributed by atoms with Crippen LogP contribution in [-0.4, -0.2) is 61.8 Å². The van der Waals surface area contributed by atoms with Crippen molar-refractivity contribution in [3.05, 3.63) is 0 Å². The molecule has 0 bridgehead atoms. The van der Waals surface area contributed by atoms with E-state index in [1.165, 1.54) is 12.8 Å². The normalized spacial score (nSPS) is 18.9. The number of nitrogens with zero attached hydrogens (tertiary/aromatic N) is 2. The van der Waals surface area contributed by atoms with E-state index in [1.54, 1.807) is 0 Å². The van der Waals surface area contributed by atoms with Crippen LogP contribution in [0.5, 0.6) is 0 Å². The van der Waals surface area contributed by atoms with E-state index in [2.05, 4.69) is 37.4 Å². The minimum absolute atomic E-state index is 0.268. The molecule has 1 saturated heterocycles. The highest BCUT2D eigenvalue weighted by Crippen LogP contribution is 2.34. The largest absolute Gasteiger partial charge is 0.381 e. The van der Waals surface area contributed by atoms with E-state index >= 15 is 0 Å². The Morgan fingerprint density at radius 3 is 2.60 bits per heavy atom. The molecule has 0 aromatic rings. The molecule has 1 heterocycles. The van der Waals surface area contributed by atoms with Gasteiger partial charge in [0.1, 0.15) is 0 Å². The van der Waals surface area contributed by atoms with Crippen molar-refractivity contribution in [3.63, 3.8) is 0 Å². The van der Waals surface area contributed by atoms with E-state index in [1.807, 2.05) is 11.8 Å². The number of unbranched alkanes of at least 4 members (excludes halogenated alkanes) is 1. The molecule has 1 N–H and O–H groups in total. The molecular weight excluding hydrogens is 270 g/mol. The number of ether oxygens (including phenoxy) is 1. The maximum absolute atomic E-state index is 5.49. The Morgan fingerprint density at radius 2 is 2.05 bits per heavy atom. The number of guanidine groups is 1. The van der Waals surface area contributed by atoms with Crippen LogP contribution < -0.4 is 5.32 Å². The molecule has 0 amide bonds. The monoisotopic (exact) mass is 301 g/mol. The van der Waals surface area contributed by atoms with Gasteiger partial charge in [0.05, 0.1) is 6.54 Å². The molecule has 0 saturated carbocycles. The quantitative estimate of drug-likeness (QED) is 0.579. The third kappa shape index (κ3) is 5.52. The van der Waals surface area contributed by atoms with Crippen molar-refractivity contribution in [2.45, 2.75) is 44.3 Å². The molecule has 0 aromatic carbocycles. The van der Waals surface area contributed by atoms with Crippen LogP contribution >= 0.6 is 11.8 Å². The minimum Gasteiger partial charge on any atom is -0.381 e. The number of hydrogen-bond acceptors (Lipinski definition) is 3. The summed E-state index contributed by atoms with van der Waals surface area (Å²) in [6.45, 7) is 8.97. The van der Waals surface area contributed by atoms with Crippen LogP contribution in [0.3, 0.4) is 0 Å². The second kappa shape index (κ2) is 9.50. The highest BCUT2D eigenvalue weighted by molar-refractivity contribution is 8.00. The van der Waals surface area contributed by atoms with E-state index in [0.29, 0.717) is 0 Å². The van der Waals surface area contributed by atoms with Gasteiger partial charge in [-0.3, -0.25) is 4.99 Å². The summed E-state index contributed by atoms with van der Waals surface area (Å²) in [5, 5.41) is 3.41. The van der Waals surface area contributed by atoms with Crippen LogP contribution in [0.2, 0.25) is 0 Å². The first-order valence-electron chi connectivity index (χ1n) is 7.80. The van der Waals surface area contributed by atoms with E-state index < -0.39 is 0 Å². The first kappa shape index (κ1) is 17.6. The Hall–Kier alpha value is -0.420. The molecule has 5 heteroatoms. The van der Waals surface area contributed by atoms with Gasteiger partial charge in [0.25, 0.3) is 0 Å². The summed E-state index contributed by atoms with van der Waals surface area (Å²) >= 11 is 1.95. The highest BCUT2D eigenvalue weighted by Gasteiger charge is 2.31. The number of rotatable bonds is 7. The molecular formula is C15H31N3OS.